The maximum atomic E-state index is 13.9. The Kier molecular flexibility index (Phi) is 4.39. The number of aromatic nitrogens is 3. The number of anilines is 1. The monoisotopic (exact) mass is 260 g/mol. The van der Waals surface area contributed by atoms with Crippen LogP contribution in [0.1, 0.15) is 30.8 Å². The molecule has 5 heteroatoms. The summed E-state index contributed by atoms with van der Waals surface area (Å²) in [5.41, 5.74) is 2.51. The maximum Gasteiger partial charge on any atom is 0.186 e. The molecular weight excluding hydrogens is 243 g/mol. The molecule has 0 fully saturated rings. The molecule has 19 heavy (non-hydrogen) atoms. The number of rotatable bonds is 5. The van der Waals surface area contributed by atoms with Gasteiger partial charge in [-0.05, 0) is 30.5 Å². The van der Waals surface area contributed by atoms with Crippen molar-refractivity contribution in [3.63, 3.8) is 0 Å². The predicted octanol–water partition coefficient (Wildman–Crippen LogP) is 2.75. The molecule has 0 spiro atoms. The zero-order chi connectivity index (χ0) is 13.7. The molecule has 2 rings (SSSR count). The van der Waals surface area contributed by atoms with Gasteiger partial charge in [-0.1, -0.05) is 13.8 Å². The molecule has 4 nitrogen and oxygen atoms in total. The van der Waals surface area contributed by atoms with E-state index in [9.17, 15) is 4.39 Å². The lowest BCUT2D eigenvalue weighted by atomic mass is 10.2. The molecule has 0 saturated heterocycles. The van der Waals surface area contributed by atoms with Crippen LogP contribution in [0.15, 0.2) is 24.7 Å². The van der Waals surface area contributed by atoms with Crippen LogP contribution in [-0.2, 0) is 19.4 Å². The number of nitrogens with one attached hydrogen (secondary N) is 1. The van der Waals surface area contributed by atoms with Crippen molar-refractivity contribution in [2.75, 3.05) is 5.32 Å². The predicted molar refractivity (Wildman–Crippen MR) is 72.3 cm³/mol. The van der Waals surface area contributed by atoms with E-state index < -0.39 is 0 Å². The summed E-state index contributed by atoms with van der Waals surface area (Å²) in [6, 6.07) is 3.98. The lowest BCUT2D eigenvalue weighted by molar-refractivity contribution is 0.596. The summed E-state index contributed by atoms with van der Waals surface area (Å²) in [5, 5.41) is 2.97. The highest BCUT2D eigenvalue weighted by Crippen LogP contribution is 2.14. The lowest BCUT2D eigenvalue weighted by Gasteiger charge is -2.08. The third kappa shape index (κ3) is 3.24. The van der Waals surface area contributed by atoms with Gasteiger partial charge in [0.05, 0.1) is 17.9 Å². The molecule has 100 valence electrons. The van der Waals surface area contributed by atoms with E-state index in [1.165, 1.54) is 11.9 Å². The Labute approximate surface area is 112 Å². The topological polar surface area (TPSA) is 50.7 Å². The first-order chi connectivity index (χ1) is 9.24. The first-order valence-corrected chi connectivity index (χ1v) is 6.41. The summed E-state index contributed by atoms with van der Waals surface area (Å²) >= 11 is 0. The molecule has 1 N–H and O–H groups in total. The third-order valence-corrected chi connectivity index (χ3v) is 2.92. The molecule has 0 bridgehead atoms. The Morgan fingerprint density at radius 3 is 2.74 bits per heavy atom. The number of nitrogens with zero attached hydrogens (tertiary/aromatic N) is 3. The number of aryl methyl sites for hydroxylation is 2. The summed E-state index contributed by atoms with van der Waals surface area (Å²) in [5.74, 6) is -0.146. The minimum atomic E-state index is -0.378. The summed E-state index contributed by atoms with van der Waals surface area (Å²) in [4.78, 5) is 12.1. The quantitative estimate of drug-likeness (QED) is 0.898. The van der Waals surface area contributed by atoms with Crippen molar-refractivity contribution in [3.05, 3.63) is 47.4 Å². The first-order valence-electron chi connectivity index (χ1n) is 6.41. The summed E-state index contributed by atoms with van der Waals surface area (Å²) in [7, 11) is 0. The molecule has 0 aromatic carbocycles. The largest absolute Gasteiger partial charge is 0.362 e. The van der Waals surface area contributed by atoms with Crippen LogP contribution in [0.5, 0.6) is 0 Å². The van der Waals surface area contributed by atoms with Crippen molar-refractivity contribution in [3.8, 4) is 0 Å². The average Bonchev–Trinajstić information content (AvgIpc) is 2.46. The van der Waals surface area contributed by atoms with Gasteiger partial charge in [-0.15, -0.1) is 0 Å². The van der Waals surface area contributed by atoms with Gasteiger partial charge in [0.2, 0.25) is 0 Å². The normalized spacial score (nSPS) is 10.5. The van der Waals surface area contributed by atoms with Crippen LogP contribution in [0.3, 0.4) is 0 Å². The van der Waals surface area contributed by atoms with Gasteiger partial charge in [-0.3, -0.25) is 4.98 Å². The molecule has 2 heterocycles. The fourth-order valence-corrected chi connectivity index (χ4v) is 1.80. The Morgan fingerprint density at radius 1 is 1.16 bits per heavy atom. The number of hydrogen-bond donors (Lipinski definition) is 1. The molecule has 2 aromatic rings. The molecule has 2 aromatic heterocycles. The highest BCUT2D eigenvalue weighted by atomic mass is 19.1. The Bertz CT molecular complexity index is 557. The number of halogens is 1. The van der Waals surface area contributed by atoms with Gasteiger partial charge in [0.15, 0.2) is 11.6 Å². The molecule has 0 amide bonds. The number of hydrogen-bond acceptors (Lipinski definition) is 4. The van der Waals surface area contributed by atoms with E-state index in [-0.39, 0.29) is 11.6 Å². The van der Waals surface area contributed by atoms with E-state index in [2.05, 4.69) is 27.2 Å². The highest BCUT2D eigenvalue weighted by molar-refractivity contribution is 5.37. The standard InChI is InChI=1S/C14H17FN4/c1-3-10-5-6-16-11(7-10)8-17-14-13(15)12(4-2)18-9-19-14/h5-7,9H,3-4,8H2,1-2H3,(H,17,18,19). The minimum absolute atomic E-state index is 0.232. The zero-order valence-electron chi connectivity index (χ0n) is 11.2. The molecule has 0 atom stereocenters. The first kappa shape index (κ1) is 13.4. The van der Waals surface area contributed by atoms with E-state index >= 15 is 0 Å². The summed E-state index contributed by atoms with van der Waals surface area (Å²) < 4.78 is 13.9. The van der Waals surface area contributed by atoms with Gasteiger partial charge in [-0.2, -0.15) is 0 Å². The third-order valence-electron chi connectivity index (χ3n) is 2.92. The van der Waals surface area contributed by atoms with Gasteiger partial charge in [0, 0.05) is 6.20 Å². The van der Waals surface area contributed by atoms with Gasteiger partial charge in [0.25, 0.3) is 0 Å². The van der Waals surface area contributed by atoms with Crippen molar-refractivity contribution in [2.24, 2.45) is 0 Å². The summed E-state index contributed by atoms with van der Waals surface area (Å²) in [6.45, 7) is 4.40. The Balaban J connectivity index is 2.10. The van der Waals surface area contributed by atoms with Crippen LogP contribution < -0.4 is 5.32 Å². The molecule has 0 aliphatic carbocycles. The molecular formula is C14H17FN4. The molecule has 0 radical (unpaired) electrons. The van der Waals surface area contributed by atoms with E-state index in [1.807, 2.05) is 19.1 Å². The average molecular weight is 260 g/mol. The van der Waals surface area contributed by atoms with Crippen molar-refractivity contribution in [1.82, 2.24) is 15.0 Å². The summed E-state index contributed by atoms with van der Waals surface area (Å²) in [6.07, 6.45) is 4.65. The van der Waals surface area contributed by atoms with Gasteiger partial charge in [-0.25, -0.2) is 14.4 Å². The van der Waals surface area contributed by atoms with E-state index in [1.54, 1.807) is 6.20 Å². The second kappa shape index (κ2) is 6.22. The lowest BCUT2D eigenvalue weighted by Crippen LogP contribution is -2.08. The Morgan fingerprint density at radius 2 is 2.00 bits per heavy atom. The van der Waals surface area contributed by atoms with Crippen molar-refractivity contribution >= 4 is 5.82 Å². The van der Waals surface area contributed by atoms with E-state index in [0.717, 1.165) is 12.1 Å². The van der Waals surface area contributed by atoms with Crippen LogP contribution >= 0.6 is 0 Å². The smallest absolute Gasteiger partial charge is 0.186 e. The second-order valence-corrected chi connectivity index (χ2v) is 4.20. The second-order valence-electron chi connectivity index (χ2n) is 4.20. The molecule has 0 unspecified atom stereocenters. The van der Waals surface area contributed by atoms with Crippen LogP contribution in [0.4, 0.5) is 10.2 Å². The van der Waals surface area contributed by atoms with E-state index in [4.69, 9.17) is 0 Å². The van der Waals surface area contributed by atoms with Crippen LogP contribution in [0.2, 0.25) is 0 Å². The van der Waals surface area contributed by atoms with Crippen molar-refractivity contribution in [2.45, 2.75) is 33.2 Å². The van der Waals surface area contributed by atoms with Crippen LogP contribution in [0, 0.1) is 5.82 Å². The van der Waals surface area contributed by atoms with Crippen LogP contribution in [-0.4, -0.2) is 15.0 Å². The van der Waals surface area contributed by atoms with Crippen molar-refractivity contribution in [1.29, 1.82) is 0 Å². The Hall–Kier alpha value is -2.04. The zero-order valence-corrected chi connectivity index (χ0v) is 11.2. The molecule has 0 aliphatic heterocycles. The van der Waals surface area contributed by atoms with Crippen LogP contribution in [0.25, 0.3) is 0 Å². The SMILES string of the molecule is CCc1ccnc(CNc2ncnc(CC)c2F)c1. The van der Waals surface area contributed by atoms with Gasteiger partial charge >= 0.3 is 0 Å². The maximum absolute atomic E-state index is 13.9. The fraction of sp³-hybridized carbons (Fsp3) is 0.357. The van der Waals surface area contributed by atoms with Gasteiger partial charge in [0.1, 0.15) is 6.33 Å². The van der Waals surface area contributed by atoms with Crippen molar-refractivity contribution < 1.29 is 4.39 Å². The fourth-order valence-electron chi connectivity index (χ4n) is 1.80. The van der Waals surface area contributed by atoms with Gasteiger partial charge < -0.3 is 5.32 Å². The number of pyridine rings is 1. The molecule has 0 saturated carbocycles. The molecule has 0 aliphatic rings. The highest BCUT2D eigenvalue weighted by Gasteiger charge is 2.09. The minimum Gasteiger partial charge on any atom is -0.362 e. The van der Waals surface area contributed by atoms with E-state index in [0.29, 0.717) is 18.7 Å².